The number of carbonyl (C=O) groups is 1. The number of benzene rings is 1. The van der Waals surface area contributed by atoms with Crippen LogP contribution in [0.3, 0.4) is 0 Å². The molecule has 0 saturated carbocycles. The van der Waals surface area contributed by atoms with Crippen LogP contribution in [0.5, 0.6) is 0 Å². The lowest BCUT2D eigenvalue weighted by Crippen LogP contribution is -2.55. The number of carbonyl (C=O) groups excluding carboxylic acids is 1. The molecule has 144 valence electrons. The van der Waals surface area contributed by atoms with Gasteiger partial charge in [-0.25, -0.2) is 4.68 Å². The largest absolute Gasteiger partial charge is 0.387 e. The zero-order valence-electron chi connectivity index (χ0n) is 15.5. The highest BCUT2D eigenvalue weighted by atomic mass is 16.3. The molecule has 2 saturated heterocycles. The van der Waals surface area contributed by atoms with Crippen LogP contribution in [0.4, 0.5) is 0 Å². The van der Waals surface area contributed by atoms with Gasteiger partial charge in [-0.3, -0.25) is 4.79 Å². The van der Waals surface area contributed by atoms with Crippen molar-refractivity contribution < 1.29 is 9.90 Å². The van der Waals surface area contributed by atoms with Gasteiger partial charge in [0.1, 0.15) is 6.33 Å². The van der Waals surface area contributed by atoms with E-state index < -0.39 is 5.60 Å². The Morgan fingerprint density at radius 2 is 1.89 bits per heavy atom. The fourth-order valence-electron chi connectivity index (χ4n) is 4.15. The van der Waals surface area contributed by atoms with E-state index in [1.807, 2.05) is 24.3 Å². The van der Waals surface area contributed by atoms with E-state index in [1.54, 1.807) is 15.9 Å². The van der Waals surface area contributed by atoms with E-state index in [4.69, 9.17) is 0 Å². The molecular weight excluding hydrogens is 344 g/mol. The van der Waals surface area contributed by atoms with E-state index in [9.17, 15) is 9.90 Å². The number of hydrogen-bond acceptors (Lipinski definition) is 6. The van der Waals surface area contributed by atoms with Crippen molar-refractivity contribution in [2.75, 3.05) is 32.7 Å². The monoisotopic (exact) mass is 370 g/mol. The summed E-state index contributed by atoms with van der Waals surface area (Å²) in [5.74, 6) is -0.0106. The predicted octanol–water partition coefficient (Wildman–Crippen LogP) is 0.784. The minimum atomic E-state index is -0.793. The van der Waals surface area contributed by atoms with E-state index in [2.05, 4.69) is 20.4 Å². The van der Waals surface area contributed by atoms with Crippen LogP contribution in [0.1, 0.15) is 41.6 Å². The molecule has 4 rings (SSSR count). The van der Waals surface area contributed by atoms with Crippen molar-refractivity contribution in [2.45, 2.75) is 37.8 Å². The summed E-state index contributed by atoms with van der Waals surface area (Å²) in [6.07, 6.45) is 5.57. The number of rotatable bonds is 5. The number of likely N-dealkylation sites (tertiary alicyclic amines) is 2. The highest BCUT2D eigenvalue weighted by Crippen LogP contribution is 2.25. The van der Waals surface area contributed by atoms with Gasteiger partial charge in [-0.2, -0.15) is 0 Å². The molecule has 0 bridgehead atoms. The third-order valence-corrected chi connectivity index (χ3v) is 5.50. The minimum Gasteiger partial charge on any atom is -0.387 e. The van der Waals surface area contributed by atoms with Crippen molar-refractivity contribution in [2.24, 2.45) is 0 Å². The number of nitrogens with zero attached hydrogens (tertiary/aromatic N) is 6. The van der Waals surface area contributed by atoms with Gasteiger partial charge in [-0.05, 0) is 66.9 Å². The van der Waals surface area contributed by atoms with Gasteiger partial charge in [0.25, 0.3) is 5.91 Å². The Hall–Kier alpha value is -2.32. The summed E-state index contributed by atoms with van der Waals surface area (Å²) in [5, 5.41) is 22.1. The van der Waals surface area contributed by atoms with Crippen molar-refractivity contribution in [1.82, 2.24) is 30.0 Å². The summed E-state index contributed by atoms with van der Waals surface area (Å²) < 4.78 is 1.64. The fraction of sp³-hybridized carbons (Fsp3) is 0.579. The van der Waals surface area contributed by atoms with Crippen molar-refractivity contribution >= 4 is 5.91 Å². The van der Waals surface area contributed by atoms with Gasteiger partial charge in [-0.15, -0.1) is 5.10 Å². The molecule has 1 aromatic heterocycles. The maximum Gasteiger partial charge on any atom is 0.253 e. The number of piperidine rings is 1. The summed E-state index contributed by atoms with van der Waals surface area (Å²) in [5.41, 5.74) is 0.891. The number of amides is 1. The molecule has 8 heteroatoms. The summed E-state index contributed by atoms with van der Waals surface area (Å²) in [6, 6.07) is 7.54. The summed E-state index contributed by atoms with van der Waals surface area (Å²) in [7, 11) is 0. The van der Waals surface area contributed by atoms with Gasteiger partial charge in [0.05, 0.1) is 18.7 Å². The van der Waals surface area contributed by atoms with Gasteiger partial charge in [0, 0.05) is 18.7 Å². The average molecular weight is 370 g/mol. The second kappa shape index (κ2) is 7.74. The van der Waals surface area contributed by atoms with Crippen molar-refractivity contribution in [3.63, 3.8) is 0 Å². The smallest absolute Gasteiger partial charge is 0.253 e. The SMILES string of the molecule is O=C(c1ccc(Cn2cnnn2)cc1)N1CCCC(O)(CN2CCCC2)C1. The molecular formula is C19H26N6O2. The Morgan fingerprint density at radius 3 is 2.59 bits per heavy atom. The first-order chi connectivity index (χ1) is 13.1. The van der Waals surface area contributed by atoms with Gasteiger partial charge in [-0.1, -0.05) is 12.1 Å². The van der Waals surface area contributed by atoms with E-state index in [0.29, 0.717) is 31.7 Å². The van der Waals surface area contributed by atoms with Crippen LogP contribution in [0.15, 0.2) is 30.6 Å². The van der Waals surface area contributed by atoms with Gasteiger partial charge < -0.3 is 14.9 Å². The molecule has 1 aromatic carbocycles. The van der Waals surface area contributed by atoms with Gasteiger partial charge in [0.15, 0.2) is 0 Å². The van der Waals surface area contributed by atoms with E-state index in [-0.39, 0.29) is 5.91 Å². The highest BCUT2D eigenvalue weighted by Gasteiger charge is 2.37. The normalized spacial score (nSPS) is 23.7. The Kier molecular flexibility index (Phi) is 5.18. The van der Waals surface area contributed by atoms with Gasteiger partial charge in [0.2, 0.25) is 0 Å². The van der Waals surface area contributed by atoms with Crippen molar-refractivity contribution in [3.05, 3.63) is 41.7 Å². The number of tetrazole rings is 1. The van der Waals surface area contributed by atoms with Crippen LogP contribution in [0, 0.1) is 0 Å². The number of aromatic nitrogens is 4. The van der Waals surface area contributed by atoms with Crippen LogP contribution in [-0.4, -0.2) is 79.3 Å². The maximum absolute atomic E-state index is 12.9. The molecule has 8 nitrogen and oxygen atoms in total. The third-order valence-electron chi connectivity index (χ3n) is 5.50. The lowest BCUT2D eigenvalue weighted by Gasteiger charge is -2.41. The zero-order valence-corrected chi connectivity index (χ0v) is 15.5. The third kappa shape index (κ3) is 4.33. The molecule has 0 spiro atoms. The molecule has 2 aliphatic rings. The molecule has 0 aliphatic carbocycles. The molecule has 1 atom stereocenters. The molecule has 27 heavy (non-hydrogen) atoms. The quantitative estimate of drug-likeness (QED) is 0.837. The molecule has 2 aromatic rings. The van der Waals surface area contributed by atoms with Crippen LogP contribution in [0.25, 0.3) is 0 Å². The maximum atomic E-state index is 12.9. The van der Waals surface area contributed by atoms with Crippen molar-refractivity contribution in [1.29, 1.82) is 0 Å². The first-order valence-corrected chi connectivity index (χ1v) is 9.65. The topological polar surface area (TPSA) is 87.4 Å². The molecule has 2 aliphatic heterocycles. The lowest BCUT2D eigenvalue weighted by atomic mass is 9.91. The fourth-order valence-corrected chi connectivity index (χ4v) is 4.15. The molecule has 3 heterocycles. The molecule has 0 radical (unpaired) electrons. The first kappa shape index (κ1) is 18.1. The number of aliphatic hydroxyl groups is 1. The van der Waals surface area contributed by atoms with E-state index in [1.165, 1.54) is 12.8 Å². The Bertz CT molecular complexity index is 757. The lowest BCUT2D eigenvalue weighted by molar-refractivity contribution is -0.0431. The molecule has 1 amide bonds. The number of hydrogen-bond donors (Lipinski definition) is 1. The summed E-state index contributed by atoms with van der Waals surface area (Å²) in [4.78, 5) is 17.0. The van der Waals surface area contributed by atoms with Crippen LogP contribution < -0.4 is 0 Å². The van der Waals surface area contributed by atoms with E-state index in [0.717, 1.165) is 31.5 Å². The van der Waals surface area contributed by atoms with Gasteiger partial charge >= 0.3 is 0 Å². The highest BCUT2D eigenvalue weighted by molar-refractivity contribution is 5.94. The molecule has 1 N–H and O–H groups in total. The first-order valence-electron chi connectivity index (χ1n) is 9.65. The van der Waals surface area contributed by atoms with Crippen LogP contribution >= 0.6 is 0 Å². The molecule has 2 fully saturated rings. The molecule has 1 unspecified atom stereocenters. The van der Waals surface area contributed by atoms with E-state index >= 15 is 0 Å². The van der Waals surface area contributed by atoms with Crippen molar-refractivity contribution in [3.8, 4) is 0 Å². The standard InChI is InChI=1S/C19H26N6O2/c26-18(17-6-4-16(5-7-17)12-25-15-20-21-22-25)24-11-3-8-19(27,14-24)13-23-9-1-2-10-23/h4-7,15,27H,1-3,8-14H2. The second-order valence-corrected chi connectivity index (χ2v) is 7.74. The second-order valence-electron chi connectivity index (χ2n) is 7.74. The average Bonchev–Trinajstić information content (AvgIpc) is 3.36. The zero-order chi connectivity index (χ0) is 18.7. The van der Waals surface area contributed by atoms with Crippen LogP contribution in [0.2, 0.25) is 0 Å². The summed E-state index contributed by atoms with van der Waals surface area (Å²) in [6.45, 7) is 4.46. The Morgan fingerprint density at radius 1 is 1.11 bits per heavy atom. The predicted molar refractivity (Wildman–Crippen MR) is 99.1 cm³/mol. The Balaban J connectivity index is 1.39. The number of β-amino-alcohol motifs (C(OH)–C–C–N with tert-alkyl or cyclic N) is 1. The Labute approximate surface area is 158 Å². The van der Waals surface area contributed by atoms with Crippen LogP contribution in [-0.2, 0) is 6.54 Å². The summed E-state index contributed by atoms with van der Waals surface area (Å²) >= 11 is 0. The minimum absolute atomic E-state index is 0.0106.